The van der Waals surface area contributed by atoms with Crippen LogP contribution in [-0.2, 0) is 14.1 Å². The fourth-order valence-corrected chi connectivity index (χ4v) is 2.97. The topological polar surface area (TPSA) is 47.6 Å². The zero-order valence-corrected chi connectivity index (χ0v) is 15.0. The normalized spacial score (nSPS) is 28.6. The number of ether oxygens (including phenoxy) is 3. The summed E-state index contributed by atoms with van der Waals surface area (Å²) in [4.78, 5) is 0. The molecule has 4 nitrogen and oxygen atoms in total. The van der Waals surface area contributed by atoms with Crippen molar-refractivity contribution in [2.75, 3.05) is 13.2 Å². The first-order valence-corrected chi connectivity index (χ1v) is 8.91. The second kappa shape index (κ2) is 10.3. The quantitative estimate of drug-likeness (QED) is 0.460. The Kier molecular flexibility index (Phi) is 8.04. The van der Waals surface area contributed by atoms with E-state index in [0.717, 1.165) is 17.2 Å². The van der Waals surface area contributed by atoms with Crippen molar-refractivity contribution in [3.63, 3.8) is 0 Å². The van der Waals surface area contributed by atoms with E-state index in [1.165, 1.54) is 25.7 Å². The van der Waals surface area contributed by atoms with Crippen molar-refractivity contribution in [3.05, 3.63) is 36.5 Å². The van der Waals surface area contributed by atoms with E-state index >= 15 is 0 Å². The van der Waals surface area contributed by atoms with Gasteiger partial charge in [-0.05, 0) is 55.9 Å². The van der Waals surface area contributed by atoms with Gasteiger partial charge in [0.05, 0.1) is 13.2 Å². The van der Waals surface area contributed by atoms with E-state index in [1.54, 1.807) is 0 Å². The summed E-state index contributed by atoms with van der Waals surface area (Å²) in [5.74, 6) is 9.33. The molecule has 25 heavy (non-hydrogen) atoms. The second-order valence-corrected chi connectivity index (χ2v) is 6.93. The summed E-state index contributed by atoms with van der Waals surface area (Å²) in [6, 6.07) is 7.86. The van der Waals surface area contributed by atoms with Crippen LogP contribution in [0.4, 0.5) is 0 Å². The number of hydrogen-bond acceptors (Lipinski definition) is 3. The first-order valence-electron chi connectivity index (χ1n) is 8.91. The van der Waals surface area contributed by atoms with Gasteiger partial charge in [-0.2, -0.15) is 0 Å². The second-order valence-electron chi connectivity index (χ2n) is 6.93. The van der Waals surface area contributed by atoms with Crippen molar-refractivity contribution in [3.8, 4) is 17.6 Å². The van der Waals surface area contributed by atoms with Crippen molar-refractivity contribution in [2.45, 2.75) is 46.0 Å². The molecule has 1 heterocycles. The molecule has 0 atom stereocenters. The summed E-state index contributed by atoms with van der Waals surface area (Å²) in [5, 5.41) is 0. The molecular weight excluding hydrogens is 316 g/mol. The van der Waals surface area contributed by atoms with Gasteiger partial charge < -0.3 is 14.2 Å². The van der Waals surface area contributed by atoms with Crippen LogP contribution >= 0.6 is 0 Å². The van der Waals surface area contributed by atoms with Gasteiger partial charge in [0.2, 0.25) is 0 Å². The van der Waals surface area contributed by atoms with Crippen molar-refractivity contribution in [2.24, 2.45) is 17.8 Å². The Balaban J connectivity index is 0.00000109. The molecule has 1 aromatic carbocycles. The van der Waals surface area contributed by atoms with Crippen molar-refractivity contribution in [1.82, 2.24) is 0 Å². The van der Waals surface area contributed by atoms with Gasteiger partial charge in [-0.1, -0.05) is 25.7 Å². The third-order valence-electron chi connectivity index (χ3n) is 4.56. The van der Waals surface area contributed by atoms with Crippen LogP contribution in [-0.4, -0.2) is 19.7 Å². The molecule has 1 aromatic rings. The Hall–Kier alpha value is -1.76. The Morgan fingerprint density at radius 3 is 2.16 bits per heavy atom. The van der Waals surface area contributed by atoms with Crippen LogP contribution in [0.3, 0.4) is 0 Å². The molecule has 0 aromatic heterocycles. The molecule has 1 aliphatic heterocycles. The van der Waals surface area contributed by atoms with E-state index in [9.17, 15) is 0 Å². The van der Waals surface area contributed by atoms with Gasteiger partial charge in [0.1, 0.15) is 5.75 Å². The van der Waals surface area contributed by atoms with E-state index in [1.807, 2.05) is 24.3 Å². The van der Waals surface area contributed by atoms with E-state index in [4.69, 9.17) is 18.9 Å². The standard InChI is InChI=1S/C20H26O3.CO/c1-15-3-5-17(6-4-15)7-8-18-9-11-19(12-10-18)23-20-21-13-16(2)14-22-20;1-2/h9-12,15-17,20H,3-6,13-14H2,1-2H3;. The van der Waals surface area contributed by atoms with Crippen LogP contribution in [0.25, 0.3) is 0 Å². The Morgan fingerprint density at radius 2 is 1.56 bits per heavy atom. The van der Waals surface area contributed by atoms with Gasteiger partial charge in [0.15, 0.2) is 0 Å². The summed E-state index contributed by atoms with van der Waals surface area (Å²) in [5.41, 5.74) is 1.04. The molecule has 2 fully saturated rings. The fourth-order valence-electron chi connectivity index (χ4n) is 2.97. The van der Waals surface area contributed by atoms with Crippen LogP contribution in [0, 0.1) is 36.2 Å². The molecule has 1 saturated heterocycles. The number of hydrogen-bond donors (Lipinski definition) is 0. The van der Waals surface area contributed by atoms with Crippen molar-refractivity contribution >= 4 is 0 Å². The van der Waals surface area contributed by atoms with Crippen LogP contribution in [0.1, 0.15) is 45.1 Å². The molecule has 4 heteroatoms. The molecule has 0 spiro atoms. The minimum absolute atomic E-state index is 0.426. The Morgan fingerprint density at radius 1 is 0.960 bits per heavy atom. The molecule has 0 N–H and O–H groups in total. The van der Waals surface area contributed by atoms with Crippen LogP contribution < -0.4 is 4.74 Å². The van der Waals surface area contributed by atoms with Gasteiger partial charge in [-0.3, -0.25) is 0 Å². The monoisotopic (exact) mass is 342 g/mol. The van der Waals surface area contributed by atoms with Crippen LogP contribution in [0.5, 0.6) is 5.75 Å². The zero-order valence-electron chi connectivity index (χ0n) is 15.0. The maximum absolute atomic E-state index is 7.50. The Labute approximate surface area is 150 Å². The van der Waals surface area contributed by atoms with Gasteiger partial charge in [0.25, 0.3) is 0 Å². The van der Waals surface area contributed by atoms with E-state index < -0.39 is 6.48 Å². The van der Waals surface area contributed by atoms with E-state index in [2.05, 4.69) is 32.3 Å². The van der Waals surface area contributed by atoms with E-state index in [-0.39, 0.29) is 0 Å². The summed E-state index contributed by atoms with van der Waals surface area (Å²) in [6.45, 7) is 9.69. The average molecular weight is 342 g/mol. The molecule has 0 bridgehead atoms. The molecule has 1 aliphatic carbocycles. The third-order valence-corrected chi connectivity index (χ3v) is 4.56. The number of benzene rings is 1. The minimum atomic E-state index is -0.590. The van der Waals surface area contributed by atoms with Gasteiger partial charge in [-0.15, -0.1) is 0 Å². The van der Waals surface area contributed by atoms with Crippen molar-refractivity contribution in [1.29, 1.82) is 0 Å². The average Bonchev–Trinajstić information content (AvgIpc) is 2.66. The summed E-state index contributed by atoms with van der Waals surface area (Å²) in [6.07, 6.45) is 5.10. The summed E-state index contributed by atoms with van der Waals surface area (Å²) < 4.78 is 24.1. The first kappa shape index (κ1) is 19.6. The van der Waals surface area contributed by atoms with Crippen LogP contribution in [0.15, 0.2) is 24.3 Å². The molecule has 0 unspecified atom stereocenters. The molecule has 0 radical (unpaired) electrons. The Bertz CT molecular complexity index is 580. The molecule has 0 amide bonds. The third kappa shape index (κ3) is 6.57. The van der Waals surface area contributed by atoms with Gasteiger partial charge >= 0.3 is 17.8 Å². The van der Waals surface area contributed by atoms with Gasteiger partial charge in [0, 0.05) is 17.4 Å². The predicted octanol–water partition coefficient (Wildman–Crippen LogP) is 4.17. The number of rotatable bonds is 2. The maximum atomic E-state index is 7.50. The molecule has 1 saturated carbocycles. The summed E-state index contributed by atoms with van der Waals surface area (Å²) in [7, 11) is 0. The fraction of sp³-hybridized carbons (Fsp3) is 0.571. The molecule has 2 aliphatic rings. The zero-order chi connectivity index (χ0) is 18.1. The first-order chi connectivity index (χ1) is 12.2. The van der Waals surface area contributed by atoms with Crippen molar-refractivity contribution < 1.29 is 18.9 Å². The SMILES string of the molecule is CC1CCC(C#Cc2ccc(OC3OCC(C)CO3)cc2)CC1.[C-]#[O+]. The van der Waals surface area contributed by atoms with Crippen LogP contribution in [0.2, 0.25) is 0 Å². The summed E-state index contributed by atoms with van der Waals surface area (Å²) >= 11 is 0. The molecule has 134 valence electrons. The molecular formula is C21H26O4. The van der Waals surface area contributed by atoms with Gasteiger partial charge in [-0.25, -0.2) is 0 Å². The molecule has 3 rings (SSSR count). The predicted molar refractivity (Wildman–Crippen MR) is 93.9 cm³/mol. The van der Waals surface area contributed by atoms with E-state index in [0.29, 0.717) is 25.0 Å².